The largest absolute Gasteiger partial charge is 0.289 e. The molecule has 0 saturated heterocycles. The van der Waals surface area contributed by atoms with Crippen molar-refractivity contribution in [2.24, 2.45) is 5.41 Å². The van der Waals surface area contributed by atoms with E-state index in [1.54, 1.807) is 36.5 Å². The van der Waals surface area contributed by atoms with Crippen LogP contribution in [0.4, 0.5) is 0 Å². The number of ketones is 2. The highest BCUT2D eigenvalue weighted by Gasteiger charge is 2.27. The molecule has 0 heterocycles. The van der Waals surface area contributed by atoms with E-state index in [2.05, 4.69) is 33.9 Å². The van der Waals surface area contributed by atoms with E-state index in [1.807, 2.05) is 65.8 Å². The number of carbonyl (C=O) groups is 2. The second kappa shape index (κ2) is 19.3. The van der Waals surface area contributed by atoms with Gasteiger partial charge < -0.3 is 0 Å². The molecule has 0 fully saturated rings. The van der Waals surface area contributed by atoms with Gasteiger partial charge in [-0.15, -0.1) is 0 Å². The molecular formula is C33H48O2. The van der Waals surface area contributed by atoms with Crippen molar-refractivity contribution in [2.75, 3.05) is 0 Å². The first kappa shape index (κ1) is 34.2. The Morgan fingerprint density at radius 3 is 2.06 bits per heavy atom. The highest BCUT2D eigenvalue weighted by atomic mass is 16.1. The summed E-state index contributed by atoms with van der Waals surface area (Å²) >= 11 is 0. The first-order valence-corrected chi connectivity index (χ1v) is 12.8. The smallest absolute Gasteiger partial charge is 0.189 e. The third kappa shape index (κ3) is 12.9. The van der Waals surface area contributed by atoms with Crippen molar-refractivity contribution in [3.63, 3.8) is 0 Å². The van der Waals surface area contributed by atoms with E-state index >= 15 is 0 Å². The molecule has 0 amide bonds. The van der Waals surface area contributed by atoms with Crippen LogP contribution in [-0.4, -0.2) is 11.6 Å². The standard InChI is InChI=1S/C29H36O2.2C2H6/c1-8-11-14-22(4)21-25(27(30)18-16-24(10-3)13-9-2)28(31)19-17-26-23(5)15-12-20-29(26,6)7;2*1-2/h8-11,13-14,16-19,21H,2-3,12,15,20H2,1,4-7H3;2*1-2H3/b11-8-,18-16+,19-17+,22-14+,24-13+,25-21-;;. The predicted octanol–water partition coefficient (Wildman–Crippen LogP) is 9.56. The Morgan fingerprint density at radius 1 is 0.943 bits per heavy atom. The van der Waals surface area contributed by atoms with Crippen LogP contribution >= 0.6 is 0 Å². The van der Waals surface area contributed by atoms with Gasteiger partial charge in [0.2, 0.25) is 0 Å². The minimum Gasteiger partial charge on any atom is -0.289 e. The molecular weight excluding hydrogens is 428 g/mol. The molecule has 1 aliphatic rings. The van der Waals surface area contributed by atoms with Crippen molar-refractivity contribution >= 4 is 11.6 Å². The first-order chi connectivity index (χ1) is 16.7. The molecule has 2 heteroatoms. The van der Waals surface area contributed by atoms with Crippen LogP contribution in [0.2, 0.25) is 0 Å². The average Bonchev–Trinajstić information content (AvgIpc) is 2.85. The molecule has 1 rings (SSSR count). The van der Waals surface area contributed by atoms with Crippen LogP contribution in [0.5, 0.6) is 0 Å². The molecule has 0 spiro atoms. The Hall–Kier alpha value is -3.00. The fourth-order valence-electron chi connectivity index (χ4n) is 3.64. The summed E-state index contributed by atoms with van der Waals surface area (Å²) in [6.07, 6.45) is 22.1. The quantitative estimate of drug-likeness (QED) is 0.136. The second-order valence-corrected chi connectivity index (χ2v) is 8.43. The number of hydrogen-bond donors (Lipinski definition) is 0. The van der Waals surface area contributed by atoms with Gasteiger partial charge in [0.05, 0.1) is 5.57 Å². The van der Waals surface area contributed by atoms with Crippen molar-refractivity contribution in [1.29, 1.82) is 0 Å². The van der Waals surface area contributed by atoms with Gasteiger partial charge in [-0.3, -0.25) is 9.59 Å². The lowest BCUT2D eigenvalue weighted by atomic mass is 9.72. The lowest BCUT2D eigenvalue weighted by molar-refractivity contribution is -0.116. The summed E-state index contributed by atoms with van der Waals surface area (Å²) in [5.41, 5.74) is 4.25. The van der Waals surface area contributed by atoms with E-state index < -0.39 is 0 Å². The molecule has 0 radical (unpaired) electrons. The molecule has 35 heavy (non-hydrogen) atoms. The van der Waals surface area contributed by atoms with Gasteiger partial charge in [0.25, 0.3) is 0 Å². The molecule has 0 aromatic carbocycles. The zero-order valence-electron chi connectivity index (χ0n) is 23.7. The lowest BCUT2D eigenvalue weighted by Gasteiger charge is -2.32. The Bertz CT molecular complexity index is 922. The highest BCUT2D eigenvalue weighted by molar-refractivity contribution is 6.27. The topological polar surface area (TPSA) is 34.1 Å². The molecule has 0 aromatic rings. The van der Waals surface area contributed by atoms with Gasteiger partial charge in [0, 0.05) is 0 Å². The molecule has 0 N–H and O–H groups in total. The molecule has 0 atom stereocenters. The van der Waals surface area contributed by atoms with Gasteiger partial charge in [-0.1, -0.05) is 114 Å². The van der Waals surface area contributed by atoms with Crippen LogP contribution in [0, 0.1) is 5.41 Å². The van der Waals surface area contributed by atoms with Crippen molar-refractivity contribution in [3.05, 3.63) is 108 Å². The van der Waals surface area contributed by atoms with Crippen LogP contribution in [0.3, 0.4) is 0 Å². The van der Waals surface area contributed by atoms with E-state index in [0.717, 1.165) is 30.4 Å². The second-order valence-electron chi connectivity index (χ2n) is 8.43. The summed E-state index contributed by atoms with van der Waals surface area (Å²) in [5, 5.41) is 0. The van der Waals surface area contributed by atoms with Crippen molar-refractivity contribution < 1.29 is 9.59 Å². The van der Waals surface area contributed by atoms with Gasteiger partial charge in [-0.25, -0.2) is 0 Å². The summed E-state index contributed by atoms with van der Waals surface area (Å²) < 4.78 is 0. The van der Waals surface area contributed by atoms with E-state index in [4.69, 9.17) is 0 Å². The Morgan fingerprint density at radius 2 is 1.54 bits per heavy atom. The monoisotopic (exact) mass is 476 g/mol. The van der Waals surface area contributed by atoms with Crippen LogP contribution < -0.4 is 0 Å². The van der Waals surface area contributed by atoms with Gasteiger partial charge in [0.15, 0.2) is 11.6 Å². The van der Waals surface area contributed by atoms with Gasteiger partial charge in [-0.05, 0) is 74.8 Å². The molecule has 0 bridgehead atoms. The minimum absolute atomic E-state index is 0.0307. The van der Waals surface area contributed by atoms with E-state index in [1.165, 1.54) is 17.2 Å². The molecule has 2 nitrogen and oxygen atoms in total. The summed E-state index contributed by atoms with van der Waals surface area (Å²) in [6, 6.07) is 0. The first-order valence-electron chi connectivity index (χ1n) is 12.8. The molecule has 1 aliphatic carbocycles. The van der Waals surface area contributed by atoms with Gasteiger partial charge in [-0.2, -0.15) is 0 Å². The van der Waals surface area contributed by atoms with Crippen LogP contribution in [-0.2, 0) is 9.59 Å². The fraction of sp³-hybridized carbons (Fsp3) is 0.394. The van der Waals surface area contributed by atoms with Crippen LogP contribution in [0.1, 0.15) is 81.6 Å². The lowest BCUT2D eigenvalue weighted by Crippen LogP contribution is -2.19. The average molecular weight is 477 g/mol. The number of carbonyl (C=O) groups excluding carboxylic acids is 2. The number of allylic oxidation sites excluding steroid dienone is 16. The molecule has 0 unspecified atom stereocenters. The summed E-state index contributed by atoms with van der Waals surface area (Å²) in [5.74, 6) is -0.634. The molecule has 0 aliphatic heterocycles. The van der Waals surface area contributed by atoms with Crippen molar-refractivity contribution in [3.8, 4) is 0 Å². The molecule has 0 aromatic heterocycles. The SMILES string of the molecule is C=C/C=C(C=C)/C=C/C(=O)/C(=C/C(C)=C/C=C\C)C(=O)/C=C/C1=C(C)CCCC1(C)C.CC.CC. The molecule has 192 valence electrons. The maximum atomic E-state index is 13.1. The third-order valence-corrected chi connectivity index (χ3v) is 5.37. The Kier molecular flexibility index (Phi) is 18.9. The van der Waals surface area contributed by atoms with Crippen molar-refractivity contribution in [2.45, 2.75) is 81.6 Å². The fourth-order valence-corrected chi connectivity index (χ4v) is 3.64. The number of hydrogen-bond acceptors (Lipinski definition) is 2. The zero-order valence-corrected chi connectivity index (χ0v) is 23.7. The predicted molar refractivity (Wildman–Crippen MR) is 156 cm³/mol. The summed E-state index contributed by atoms with van der Waals surface area (Å²) in [4.78, 5) is 26.0. The van der Waals surface area contributed by atoms with E-state index in [-0.39, 0.29) is 22.6 Å². The van der Waals surface area contributed by atoms with Crippen LogP contribution in [0.15, 0.2) is 108 Å². The molecule has 0 saturated carbocycles. The number of rotatable bonds is 10. The zero-order chi connectivity index (χ0) is 27.4. The van der Waals surface area contributed by atoms with Crippen LogP contribution in [0.25, 0.3) is 0 Å². The normalized spacial score (nSPS) is 16.5. The summed E-state index contributed by atoms with van der Waals surface area (Å²) in [6.45, 7) is 25.7. The minimum atomic E-state index is -0.340. The van der Waals surface area contributed by atoms with E-state index in [0.29, 0.717) is 0 Å². The Labute approximate surface area is 216 Å². The summed E-state index contributed by atoms with van der Waals surface area (Å²) in [7, 11) is 0. The van der Waals surface area contributed by atoms with E-state index in [9.17, 15) is 9.59 Å². The highest BCUT2D eigenvalue weighted by Crippen LogP contribution is 2.40. The van der Waals surface area contributed by atoms with Gasteiger partial charge in [0.1, 0.15) is 0 Å². The third-order valence-electron chi connectivity index (χ3n) is 5.37. The Balaban J connectivity index is 0. The maximum absolute atomic E-state index is 13.1. The van der Waals surface area contributed by atoms with Gasteiger partial charge >= 0.3 is 0 Å². The maximum Gasteiger partial charge on any atom is 0.189 e. The van der Waals surface area contributed by atoms with Crippen molar-refractivity contribution in [1.82, 2.24) is 0 Å².